The molecule has 0 N–H and O–H groups in total. The maximum absolute atomic E-state index is 14.1. The van der Waals surface area contributed by atoms with Crippen molar-refractivity contribution >= 4 is 5.71 Å². The van der Waals surface area contributed by atoms with Crippen LogP contribution >= 0.6 is 0 Å². The Morgan fingerprint density at radius 1 is 1.19 bits per heavy atom. The van der Waals surface area contributed by atoms with Crippen molar-refractivity contribution in [3.63, 3.8) is 0 Å². The first-order valence-corrected chi connectivity index (χ1v) is 9.10. The van der Waals surface area contributed by atoms with Crippen LogP contribution in [0.2, 0.25) is 0 Å². The number of hydrogen-bond acceptors (Lipinski definition) is 4. The van der Waals surface area contributed by atoms with Crippen LogP contribution in [-0.2, 0) is 6.42 Å². The number of aliphatic imine (C=N–C) groups is 1. The molecule has 0 spiro atoms. The van der Waals surface area contributed by atoms with Crippen LogP contribution in [0.5, 0.6) is 0 Å². The number of pyridine rings is 1. The molecule has 0 amide bonds. The summed E-state index contributed by atoms with van der Waals surface area (Å²) in [6.07, 6.45) is 9.96. The minimum atomic E-state index is -0.332. The average molecular weight is 350 g/mol. The van der Waals surface area contributed by atoms with Crippen molar-refractivity contribution in [2.75, 3.05) is 13.6 Å². The van der Waals surface area contributed by atoms with Crippen molar-refractivity contribution < 1.29 is 4.39 Å². The molecule has 0 aliphatic carbocycles. The number of hydrogen-bond donors (Lipinski definition) is 0. The third kappa shape index (κ3) is 3.40. The summed E-state index contributed by atoms with van der Waals surface area (Å²) >= 11 is 0. The second-order valence-electron chi connectivity index (χ2n) is 6.92. The minimum Gasteiger partial charge on any atom is -0.347 e. The number of aromatic nitrogens is 1. The summed E-state index contributed by atoms with van der Waals surface area (Å²) in [4.78, 5) is 13.3. The number of halogens is 1. The zero-order valence-electron chi connectivity index (χ0n) is 14.9. The molecule has 5 heteroatoms. The molecule has 1 aromatic carbocycles. The molecule has 0 bridgehead atoms. The Morgan fingerprint density at radius 2 is 2.04 bits per heavy atom. The highest BCUT2D eigenvalue weighted by Crippen LogP contribution is 2.27. The van der Waals surface area contributed by atoms with Gasteiger partial charge in [0.15, 0.2) is 12.1 Å². The lowest BCUT2D eigenvalue weighted by Crippen LogP contribution is -2.48. The highest BCUT2D eigenvalue weighted by molar-refractivity contribution is 6.09. The molecule has 2 aromatic rings. The summed E-state index contributed by atoms with van der Waals surface area (Å²) in [6.45, 7) is 1.01. The van der Waals surface area contributed by atoms with E-state index in [4.69, 9.17) is 4.99 Å². The van der Waals surface area contributed by atoms with E-state index in [0.717, 1.165) is 19.4 Å². The first-order valence-electron chi connectivity index (χ1n) is 9.10. The highest BCUT2D eigenvalue weighted by atomic mass is 19.1. The van der Waals surface area contributed by atoms with Gasteiger partial charge in [-0.15, -0.1) is 0 Å². The second kappa shape index (κ2) is 7.38. The van der Waals surface area contributed by atoms with E-state index in [2.05, 4.69) is 45.1 Å². The fourth-order valence-electron chi connectivity index (χ4n) is 3.84. The van der Waals surface area contributed by atoms with Crippen LogP contribution < -0.4 is 0 Å². The zero-order chi connectivity index (χ0) is 17.9. The lowest BCUT2D eigenvalue weighted by atomic mass is 10.0. The molecule has 134 valence electrons. The molecule has 1 aromatic heterocycles. The molecule has 2 atom stereocenters. The molecule has 26 heavy (non-hydrogen) atoms. The van der Waals surface area contributed by atoms with Crippen LogP contribution in [-0.4, -0.2) is 46.4 Å². The minimum absolute atomic E-state index is 0.0984. The SMILES string of the molecule is CN1C=CC(c2ccncc2F)=NC1N1CCC[C@@H]1Cc1ccccc1. The van der Waals surface area contributed by atoms with E-state index in [1.54, 1.807) is 12.3 Å². The molecule has 4 nitrogen and oxygen atoms in total. The molecule has 4 rings (SSSR count). The molecule has 2 aliphatic rings. The molecule has 1 saturated heterocycles. The molecule has 0 radical (unpaired) electrons. The monoisotopic (exact) mass is 350 g/mol. The fraction of sp³-hybridized carbons (Fsp3) is 0.333. The Labute approximate surface area is 153 Å². The van der Waals surface area contributed by atoms with E-state index >= 15 is 0 Å². The normalized spacial score (nSPS) is 23.3. The Balaban J connectivity index is 1.59. The van der Waals surface area contributed by atoms with E-state index in [0.29, 0.717) is 17.3 Å². The summed E-state index contributed by atoms with van der Waals surface area (Å²) in [7, 11) is 2.03. The molecular weight excluding hydrogens is 327 g/mol. The molecule has 1 fully saturated rings. The topological polar surface area (TPSA) is 31.7 Å². The summed E-state index contributed by atoms with van der Waals surface area (Å²) in [5.41, 5.74) is 2.54. The van der Waals surface area contributed by atoms with Gasteiger partial charge in [0.1, 0.15) is 0 Å². The third-order valence-electron chi connectivity index (χ3n) is 5.17. The Kier molecular flexibility index (Phi) is 4.80. The first kappa shape index (κ1) is 16.9. The van der Waals surface area contributed by atoms with E-state index in [1.807, 2.05) is 19.3 Å². The van der Waals surface area contributed by atoms with Gasteiger partial charge in [-0.3, -0.25) is 9.88 Å². The maximum atomic E-state index is 14.1. The summed E-state index contributed by atoms with van der Waals surface area (Å²) in [5, 5.41) is 0. The molecule has 0 saturated carbocycles. The van der Waals surface area contributed by atoms with Crippen molar-refractivity contribution in [3.8, 4) is 0 Å². The van der Waals surface area contributed by atoms with Gasteiger partial charge in [-0.25, -0.2) is 9.38 Å². The largest absolute Gasteiger partial charge is 0.347 e. The molecule has 2 aliphatic heterocycles. The fourth-order valence-corrected chi connectivity index (χ4v) is 3.84. The standard InChI is InChI=1S/C21H23FN4/c1-25-13-10-20(18-9-11-23-15-19(18)22)24-21(25)26-12-5-8-17(26)14-16-6-3-2-4-7-16/h2-4,6-7,9-11,13,15,17,21H,5,8,12,14H2,1H3/t17-,21?/m1/s1. The number of rotatable bonds is 4. The van der Waals surface area contributed by atoms with Gasteiger partial charge in [0.2, 0.25) is 0 Å². The maximum Gasteiger partial charge on any atom is 0.178 e. The predicted molar refractivity (Wildman–Crippen MR) is 101 cm³/mol. The highest BCUT2D eigenvalue weighted by Gasteiger charge is 2.33. The van der Waals surface area contributed by atoms with Gasteiger partial charge in [-0.05, 0) is 37.0 Å². The number of allylic oxidation sites excluding steroid dienone is 1. The van der Waals surface area contributed by atoms with Crippen LogP contribution in [0.4, 0.5) is 4.39 Å². The zero-order valence-corrected chi connectivity index (χ0v) is 14.9. The quantitative estimate of drug-likeness (QED) is 0.846. The van der Waals surface area contributed by atoms with Gasteiger partial charge in [-0.2, -0.15) is 0 Å². The second-order valence-corrected chi connectivity index (χ2v) is 6.92. The van der Waals surface area contributed by atoms with Crippen molar-refractivity contribution in [2.45, 2.75) is 31.6 Å². The average Bonchev–Trinajstić information content (AvgIpc) is 3.11. The summed E-state index contributed by atoms with van der Waals surface area (Å²) < 4.78 is 14.1. The van der Waals surface area contributed by atoms with Crippen molar-refractivity contribution in [1.82, 2.24) is 14.8 Å². The number of nitrogens with zero attached hydrogens (tertiary/aromatic N) is 4. The van der Waals surface area contributed by atoms with Gasteiger partial charge in [0.25, 0.3) is 0 Å². The van der Waals surface area contributed by atoms with Crippen molar-refractivity contribution in [1.29, 1.82) is 0 Å². The Morgan fingerprint density at radius 3 is 2.85 bits per heavy atom. The lowest BCUT2D eigenvalue weighted by molar-refractivity contribution is 0.0859. The van der Waals surface area contributed by atoms with Crippen molar-refractivity contribution in [3.05, 3.63) is 78.0 Å². The molecule has 1 unspecified atom stereocenters. The van der Waals surface area contributed by atoms with Gasteiger partial charge in [-0.1, -0.05) is 30.3 Å². The van der Waals surface area contributed by atoms with Crippen molar-refractivity contribution in [2.24, 2.45) is 4.99 Å². The third-order valence-corrected chi connectivity index (χ3v) is 5.17. The number of benzene rings is 1. The van der Waals surface area contributed by atoms with Crippen LogP contribution in [0.15, 0.2) is 66.1 Å². The van der Waals surface area contributed by atoms with E-state index < -0.39 is 0 Å². The van der Waals surface area contributed by atoms with Gasteiger partial charge < -0.3 is 4.90 Å². The van der Waals surface area contributed by atoms with Crippen LogP contribution in [0.25, 0.3) is 0 Å². The molecule has 3 heterocycles. The lowest BCUT2D eigenvalue weighted by Gasteiger charge is -2.37. The number of likely N-dealkylation sites (tertiary alicyclic amines) is 1. The van der Waals surface area contributed by atoms with Gasteiger partial charge in [0, 0.05) is 37.6 Å². The van der Waals surface area contributed by atoms with Crippen LogP contribution in [0.1, 0.15) is 24.0 Å². The summed E-state index contributed by atoms with van der Waals surface area (Å²) in [5.74, 6) is -0.332. The predicted octanol–water partition coefficient (Wildman–Crippen LogP) is 3.46. The molecular formula is C21H23FN4. The van der Waals surface area contributed by atoms with E-state index in [1.165, 1.54) is 18.2 Å². The first-order chi connectivity index (χ1) is 12.7. The van der Waals surface area contributed by atoms with Crippen LogP contribution in [0.3, 0.4) is 0 Å². The van der Waals surface area contributed by atoms with Crippen LogP contribution in [0, 0.1) is 5.82 Å². The van der Waals surface area contributed by atoms with Gasteiger partial charge >= 0.3 is 0 Å². The van der Waals surface area contributed by atoms with E-state index in [9.17, 15) is 4.39 Å². The van der Waals surface area contributed by atoms with E-state index in [-0.39, 0.29) is 12.1 Å². The Bertz CT molecular complexity index is 818. The summed E-state index contributed by atoms with van der Waals surface area (Å²) in [6, 6.07) is 12.7. The smallest absolute Gasteiger partial charge is 0.178 e. The van der Waals surface area contributed by atoms with Gasteiger partial charge in [0.05, 0.1) is 11.9 Å². The Hall–Kier alpha value is -2.53.